The average molecular weight is 280 g/mol. The molecule has 0 unspecified atom stereocenters. The fraction of sp³-hybridized carbons (Fsp3) is 0.467. The van der Waals surface area contributed by atoms with E-state index in [1.807, 2.05) is 20.8 Å². The standard InChI is InChI=1S/C15H21FN2O2/c1-11(19)18(15(2,3)4)10-9-17-14(20)12-7-5-6-8-13(12)16/h5-8H,9-10H2,1-4H3,(H,17,20). The van der Waals surface area contributed by atoms with Gasteiger partial charge in [0.15, 0.2) is 0 Å². The van der Waals surface area contributed by atoms with E-state index in [0.717, 1.165) is 0 Å². The van der Waals surface area contributed by atoms with Gasteiger partial charge in [-0.05, 0) is 32.9 Å². The first-order valence-electron chi connectivity index (χ1n) is 6.54. The average Bonchev–Trinajstić information content (AvgIpc) is 2.32. The van der Waals surface area contributed by atoms with Gasteiger partial charge >= 0.3 is 0 Å². The van der Waals surface area contributed by atoms with E-state index in [0.29, 0.717) is 6.54 Å². The summed E-state index contributed by atoms with van der Waals surface area (Å²) in [5.74, 6) is -1.08. The van der Waals surface area contributed by atoms with E-state index in [-0.39, 0.29) is 23.6 Å². The first-order valence-corrected chi connectivity index (χ1v) is 6.54. The zero-order chi connectivity index (χ0) is 15.3. The van der Waals surface area contributed by atoms with Gasteiger partial charge in [0.05, 0.1) is 5.56 Å². The van der Waals surface area contributed by atoms with Crippen LogP contribution >= 0.6 is 0 Å². The summed E-state index contributed by atoms with van der Waals surface area (Å²) in [5, 5.41) is 2.62. The van der Waals surface area contributed by atoms with Crippen molar-refractivity contribution >= 4 is 11.8 Å². The van der Waals surface area contributed by atoms with Gasteiger partial charge in [-0.25, -0.2) is 4.39 Å². The van der Waals surface area contributed by atoms with E-state index in [2.05, 4.69) is 5.32 Å². The quantitative estimate of drug-likeness (QED) is 0.919. The maximum Gasteiger partial charge on any atom is 0.254 e. The zero-order valence-corrected chi connectivity index (χ0v) is 12.4. The van der Waals surface area contributed by atoms with Crippen LogP contribution < -0.4 is 5.32 Å². The molecule has 20 heavy (non-hydrogen) atoms. The Bertz CT molecular complexity index is 495. The summed E-state index contributed by atoms with van der Waals surface area (Å²) in [6, 6.07) is 5.81. The van der Waals surface area contributed by atoms with Gasteiger partial charge in [0.2, 0.25) is 5.91 Å². The molecule has 5 heteroatoms. The highest BCUT2D eigenvalue weighted by molar-refractivity contribution is 5.94. The molecule has 1 aromatic carbocycles. The minimum absolute atomic E-state index is 0.0117. The Labute approximate surface area is 119 Å². The predicted molar refractivity (Wildman–Crippen MR) is 75.9 cm³/mol. The number of halogens is 1. The van der Waals surface area contributed by atoms with Gasteiger partial charge in [-0.1, -0.05) is 12.1 Å². The third kappa shape index (κ3) is 4.33. The van der Waals surface area contributed by atoms with Gasteiger partial charge in [0.1, 0.15) is 5.82 Å². The third-order valence-corrected chi connectivity index (χ3v) is 2.93. The SMILES string of the molecule is CC(=O)N(CCNC(=O)c1ccccc1F)C(C)(C)C. The lowest BCUT2D eigenvalue weighted by Gasteiger charge is -2.35. The predicted octanol–water partition coefficient (Wildman–Crippen LogP) is 2.20. The van der Waals surface area contributed by atoms with Crippen LogP contribution in [-0.2, 0) is 4.79 Å². The molecule has 0 saturated carbocycles. The molecule has 4 nitrogen and oxygen atoms in total. The molecule has 0 aliphatic heterocycles. The van der Waals surface area contributed by atoms with Crippen LogP contribution in [0.5, 0.6) is 0 Å². The van der Waals surface area contributed by atoms with Crippen molar-refractivity contribution < 1.29 is 14.0 Å². The Morgan fingerprint density at radius 3 is 2.35 bits per heavy atom. The molecule has 2 amide bonds. The van der Waals surface area contributed by atoms with Crippen LogP contribution in [0.2, 0.25) is 0 Å². The van der Waals surface area contributed by atoms with Crippen molar-refractivity contribution in [3.63, 3.8) is 0 Å². The topological polar surface area (TPSA) is 49.4 Å². The van der Waals surface area contributed by atoms with Gasteiger partial charge in [0, 0.05) is 25.6 Å². The minimum Gasteiger partial charge on any atom is -0.350 e. The number of hydrogen-bond acceptors (Lipinski definition) is 2. The summed E-state index contributed by atoms with van der Waals surface area (Å²) in [6.07, 6.45) is 0. The molecule has 110 valence electrons. The molecule has 0 fully saturated rings. The van der Waals surface area contributed by atoms with Crippen molar-refractivity contribution in [1.29, 1.82) is 0 Å². The first kappa shape index (κ1) is 16.1. The van der Waals surface area contributed by atoms with Gasteiger partial charge in [0.25, 0.3) is 5.91 Å². The van der Waals surface area contributed by atoms with E-state index in [1.165, 1.54) is 25.1 Å². The zero-order valence-electron chi connectivity index (χ0n) is 12.4. The molecular weight excluding hydrogens is 259 g/mol. The Kier molecular flexibility index (Phi) is 5.25. The smallest absolute Gasteiger partial charge is 0.254 e. The highest BCUT2D eigenvalue weighted by Gasteiger charge is 2.23. The highest BCUT2D eigenvalue weighted by Crippen LogP contribution is 2.12. The first-order chi connectivity index (χ1) is 9.23. The van der Waals surface area contributed by atoms with Crippen molar-refractivity contribution in [2.75, 3.05) is 13.1 Å². The van der Waals surface area contributed by atoms with Crippen molar-refractivity contribution in [3.8, 4) is 0 Å². The number of carbonyl (C=O) groups is 2. The normalized spacial score (nSPS) is 11.1. The molecule has 0 aliphatic rings. The van der Waals surface area contributed by atoms with Gasteiger partial charge in [-0.15, -0.1) is 0 Å². The van der Waals surface area contributed by atoms with Crippen LogP contribution in [0.1, 0.15) is 38.1 Å². The van der Waals surface area contributed by atoms with E-state index >= 15 is 0 Å². The van der Waals surface area contributed by atoms with Crippen LogP contribution in [0, 0.1) is 5.82 Å². The fourth-order valence-electron chi connectivity index (χ4n) is 1.99. The summed E-state index contributed by atoms with van der Waals surface area (Å²) in [5.41, 5.74) is -0.299. The Hall–Kier alpha value is -1.91. The summed E-state index contributed by atoms with van der Waals surface area (Å²) in [6.45, 7) is 7.93. The van der Waals surface area contributed by atoms with Gasteiger partial charge in [-0.3, -0.25) is 9.59 Å². The summed E-state index contributed by atoms with van der Waals surface area (Å²) in [4.78, 5) is 25.0. The Morgan fingerprint density at radius 1 is 1.25 bits per heavy atom. The second kappa shape index (κ2) is 6.50. The molecular formula is C15H21FN2O2. The maximum absolute atomic E-state index is 13.4. The molecule has 0 atom stereocenters. The number of nitrogens with one attached hydrogen (secondary N) is 1. The summed E-state index contributed by atoms with van der Waals surface area (Å²) >= 11 is 0. The molecule has 0 radical (unpaired) electrons. The van der Waals surface area contributed by atoms with Crippen molar-refractivity contribution in [2.45, 2.75) is 33.2 Å². The number of benzene rings is 1. The van der Waals surface area contributed by atoms with Crippen LogP contribution in [0.4, 0.5) is 4.39 Å². The van der Waals surface area contributed by atoms with Crippen LogP contribution in [0.25, 0.3) is 0 Å². The number of rotatable bonds is 4. The van der Waals surface area contributed by atoms with Crippen LogP contribution in [0.15, 0.2) is 24.3 Å². The van der Waals surface area contributed by atoms with E-state index in [9.17, 15) is 14.0 Å². The summed E-state index contributed by atoms with van der Waals surface area (Å²) in [7, 11) is 0. The van der Waals surface area contributed by atoms with Crippen molar-refractivity contribution in [1.82, 2.24) is 10.2 Å². The molecule has 0 heterocycles. The van der Waals surface area contributed by atoms with Crippen LogP contribution in [-0.4, -0.2) is 35.3 Å². The Balaban J connectivity index is 2.58. The van der Waals surface area contributed by atoms with Crippen molar-refractivity contribution in [3.05, 3.63) is 35.6 Å². The number of carbonyl (C=O) groups excluding carboxylic acids is 2. The molecule has 1 rings (SSSR count). The lowest BCUT2D eigenvalue weighted by atomic mass is 10.1. The molecule has 0 spiro atoms. The molecule has 1 N–H and O–H groups in total. The Morgan fingerprint density at radius 2 is 1.85 bits per heavy atom. The second-order valence-corrected chi connectivity index (χ2v) is 5.58. The molecule has 0 saturated heterocycles. The maximum atomic E-state index is 13.4. The highest BCUT2D eigenvalue weighted by atomic mass is 19.1. The van der Waals surface area contributed by atoms with E-state index in [1.54, 1.807) is 11.0 Å². The lowest BCUT2D eigenvalue weighted by Crippen LogP contribution is -2.48. The second-order valence-electron chi connectivity index (χ2n) is 5.58. The monoisotopic (exact) mass is 280 g/mol. The summed E-state index contributed by atoms with van der Waals surface area (Å²) < 4.78 is 13.4. The molecule has 0 bridgehead atoms. The lowest BCUT2D eigenvalue weighted by molar-refractivity contribution is -0.133. The van der Waals surface area contributed by atoms with E-state index in [4.69, 9.17) is 0 Å². The number of amides is 2. The van der Waals surface area contributed by atoms with Gasteiger partial charge < -0.3 is 10.2 Å². The van der Waals surface area contributed by atoms with Gasteiger partial charge in [-0.2, -0.15) is 0 Å². The van der Waals surface area contributed by atoms with E-state index < -0.39 is 11.7 Å². The fourth-order valence-corrected chi connectivity index (χ4v) is 1.99. The number of hydrogen-bond donors (Lipinski definition) is 1. The van der Waals surface area contributed by atoms with Crippen LogP contribution in [0.3, 0.4) is 0 Å². The minimum atomic E-state index is -0.552. The van der Waals surface area contributed by atoms with Crippen molar-refractivity contribution in [2.24, 2.45) is 0 Å². The molecule has 0 aliphatic carbocycles. The molecule has 0 aromatic heterocycles. The molecule has 1 aromatic rings. The number of nitrogens with zero attached hydrogens (tertiary/aromatic N) is 1. The third-order valence-electron chi connectivity index (χ3n) is 2.93. The largest absolute Gasteiger partial charge is 0.350 e.